The predicted octanol–water partition coefficient (Wildman–Crippen LogP) is 9.20. The van der Waals surface area contributed by atoms with Crippen molar-refractivity contribution < 1.29 is 0 Å². The number of rotatable bonds is 0. The van der Waals surface area contributed by atoms with Gasteiger partial charge in [-0.25, -0.2) is 0 Å². The van der Waals surface area contributed by atoms with Gasteiger partial charge in [0.2, 0.25) is 0 Å². The molecule has 0 unspecified atom stereocenters. The molecule has 10 rings (SSSR count). The van der Waals surface area contributed by atoms with E-state index in [2.05, 4.69) is 123 Å². The molecule has 0 N–H and O–H groups in total. The number of hydrogen-bond acceptors (Lipinski definition) is 1. The van der Waals surface area contributed by atoms with Crippen molar-refractivity contribution in [3.63, 3.8) is 0 Å². The number of para-hydroxylation sites is 1. The maximum absolute atomic E-state index is 14.2. The topological polar surface area (TPSA) is 21.5 Å². The van der Waals surface area contributed by atoms with Crippen LogP contribution in [0.1, 0.15) is 47.2 Å². The van der Waals surface area contributed by atoms with Gasteiger partial charge in [0.1, 0.15) is 0 Å². The minimum Gasteiger partial charge on any atom is -0.275 e. The molecule has 0 saturated heterocycles. The fourth-order valence-corrected chi connectivity index (χ4v) is 8.96. The van der Waals surface area contributed by atoms with Gasteiger partial charge in [-0.2, -0.15) is 0 Å². The monoisotopic (exact) mass is 549 g/mol. The van der Waals surface area contributed by atoms with Gasteiger partial charge in [0.15, 0.2) is 0 Å². The molecule has 43 heavy (non-hydrogen) atoms. The molecule has 0 saturated carbocycles. The van der Waals surface area contributed by atoms with Gasteiger partial charge in [-0.3, -0.25) is 9.20 Å². The molecular weight excluding hydrogens is 522 g/mol. The molecule has 0 bridgehead atoms. The van der Waals surface area contributed by atoms with E-state index >= 15 is 0 Å². The number of aromatic nitrogens is 1. The lowest BCUT2D eigenvalue weighted by Crippen LogP contribution is -2.40. The summed E-state index contributed by atoms with van der Waals surface area (Å²) in [7, 11) is 0. The van der Waals surface area contributed by atoms with Crippen molar-refractivity contribution in [3.8, 4) is 11.1 Å². The van der Waals surface area contributed by atoms with Crippen molar-refractivity contribution in [1.82, 2.24) is 4.40 Å². The molecule has 0 aliphatic heterocycles. The van der Waals surface area contributed by atoms with Gasteiger partial charge in [-0.1, -0.05) is 129 Å². The fraction of sp³-hybridized carbons (Fsp3) is 0.0976. The number of hydrogen-bond donors (Lipinski definition) is 0. The molecule has 2 aliphatic rings. The summed E-state index contributed by atoms with van der Waals surface area (Å²) in [6.07, 6.45) is 0. The van der Waals surface area contributed by atoms with E-state index in [0.29, 0.717) is 0 Å². The maximum Gasteiger partial charge on any atom is 0.263 e. The van der Waals surface area contributed by atoms with Crippen molar-refractivity contribution in [2.45, 2.75) is 24.7 Å². The minimum absolute atomic E-state index is 0.0466. The van der Waals surface area contributed by atoms with Gasteiger partial charge < -0.3 is 0 Å². The molecule has 2 nitrogen and oxygen atoms in total. The number of fused-ring (bicyclic) bond motifs is 15. The lowest BCUT2D eigenvalue weighted by atomic mass is 9.55. The first-order valence-electron chi connectivity index (χ1n) is 15.1. The first kappa shape index (κ1) is 23.4. The van der Waals surface area contributed by atoms with Crippen LogP contribution in [0.2, 0.25) is 0 Å². The molecule has 0 fully saturated rings. The van der Waals surface area contributed by atoms with Crippen LogP contribution in [0.15, 0.2) is 132 Å². The van der Waals surface area contributed by atoms with E-state index in [9.17, 15) is 4.79 Å². The summed E-state index contributed by atoms with van der Waals surface area (Å²) in [5.74, 6) is 0. The number of pyridine rings is 1. The summed E-state index contributed by atoms with van der Waals surface area (Å²) in [5, 5.41) is 5.19. The smallest absolute Gasteiger partial charge is 0.263 e. The second kappa shape index (κ2) is 7.59. The molecule has 1 spiro atoms. The summed E-state index contributed by atoms with van der Waals surface area (Å²) in [6.45, 7) is 4.72. The lowest BCUT2D eigenvalue weighted by molar-refractivity contribution is 0.563. The minimum atomic E-state index is -0.456. The van der Waals surface area contributed by atoms with Crippen LogP contribution in [0, 0.1) is 0 Å². The van der Waals surface area contributed by atoms with Gasteiger partial charge in [-0.05, 0) is 62.0 Å². The van der Waals surface area contributed by atoms with E-state index in [4.69, 9.17) is 0 Å². The van der Waals surface area contributed by atoms with Crippen LogP contribution >= 0.6 is 0 Å². The Hall–Kier alpha value is -5.21. The third-order valence-corrected chi connectivity index (χ3v) is 10.6. The SMILES string of the molecule is CC1(C)c2ccccc2C2(c3ccccc3-c3c2ccc2c3c3cccc4c5ccccc5c(=O)n2c43)c2ccccc21. The van der Waals surface area contributed by atoms with Crippen LogP contribution < -0.4 is 5.56 Å². The standard InChI is InChI=1S/C41H27NO/c1-40(2)30-18-7-9-20-32(30)41(33-21-10-8-19-31(33)40)29-17-6-5-14-27(29)36-34(41)22-23-35-37(36)28-16-11-15-25-24-12-3-4-13-26(24)39(43)42(35)38(25)28/h3-23H,1-2H3. The van der Waals surface area contributed by atoms with E-state index in [0.717, 1.165) is 32.6 Å². The maximum atomic E-state index is 14.2. The molecule has 6 aromatic carbocycles. The van der Waals surface area contributed by atoms with Crippen molar-refractivity contribution in [2.75, 3.05) is 0 Å². The Morgan fingerprint density at radius 3 is 1.77 bits per heavy atom. The summed E-state index contributed by atoms with van der Waals surface area (Å²) in [5.41, 5.74) is 12.0. The highest BCUT2D eigenvalue weighted by molar-refractivity contribution is 6.24. The Morgan fingerprint density at radius 1 is 0.488 bits per heavy atom. The van der Waals surface area contributed by atoms with Crippen LogP contribution in [-0.2, 0) is 10.8 Å². The van der Waals surface area contributed by atoms with Crippen LogP contribution in [0.25, 0.3) is 49.1 Å². The molecule has 0 amide bonds. The Morgan fingerprint density at radius 2 is 1.05 bits per heavy atom. The molecule has 202 valence electrons. The Kier molecular flexibility index (Phi) is 4.12. The lowest BCUT2D eigenvalue weighted by Gasteiger charge is -2.46. The Bertz CT molecular complexity index is 2520. The summed E-state index contributed by atoms with van der Waals surface area (Å²) in [6, 6.07) is 46.1. The average Bonchev–Trinajstić information content (AvgIpc) is 3.55. The van der Waals surface area contributed by atoms with Crippen LogP contribution in [0.4, 0.5) is 0 Å². The molecular formula is C41H27NO. The molecule has 2 heterocycles. The summed E-state index contributed by atoms with van der Waals surface area (Å²) < 4.78 is 1.97. The van der Waals surface area contributed by atoms with Crippen LogP contribution in [0.5, 0.6) is 0 Å². The second-order valence-electron chi connectivity index (χ2n) is 12.8. The van der Waals surface area contributed by atoms with Crippen molar-refractivity contribution in [1.29, 1.82) is 0 Å². The normalized spacial score (nSPS) is 15.7. The summed E-state index contributed by atoms with van der Waals surface area (Å²) in [4.78, 5) is 14.2. The zero-order chi connectivity index (χ0) is 28.7. The first-order valence-corrected chi connectivity index (χ1v) is 15.1. The Balaban J connectivity index is 1.48. The van der Waals surface area contributed by atoms with E-state index in [-0.39, 0.29) is 11.0 Å². The van der Waals surface area contributed by atoms with Gasteiger partial charge in [0.25, 0.3) is 5.56 Å². The zero-order valence-corrected chi connectivity index (χ0v) is 24.0. The van der Waals surface area contributed by atoms with Crippen LogP contribution in [0.3, 0.4) is 0 Å². The van der Waals surface area contributed by atoms with Crippen LogP contribution in [-0.4, -0.2) is 4.40 Å². The highest BCUT2D eigenvalue weighted by atomic mass is 16.1. The molecule has 2 aromatic heterocycles. The van der Waals surface area contributed by atoms with E-state index in [1.165, 1.54) is 49.9 Å². The van der Waals surface area contributed by atoms with E-state index < -0.39 is 5.41 Å². The first-order chi connectivity index (χ1) is 21.0. The van der Waals surface area contributed by atoms with Gasteiger partial charge >= 0.3 is 0 Å². The molecule has 0 atom stereocenters. The average molecular weight is 550 g/mol. The van der Waals surface area contributed by atoms with Crippen molar-refractivity contribution in [2.24, 2.45) is 0 Å². The van der Waals surface area contributed by atoms with Gasteiger partial charge in [0, 0.05) is 27.0 Å². The fourth-order valence-electron chi connectivity index (χ4n) is 8.96. The van der Waals surface area contributed by atoms with E-state index in [1.54, 1.807) is 0 Å². The highest BCUT2D eigenvalue weighted by Gasteiger charge is 2.53. The van der Waals surface area contributed by atoms with E-state index in [1.807, 2.05) is 22.6 Å². The molecule has 8 aromatic rings. The van der Waals surface area contributed by atoms with Gasteiger partial charge in [0.05, 0.1) is 16.4 Å². The number of benzene rings is 6. The molecule has 0 radical (unpaired) electrons. The van der Waals surface area contributed by atoms with Crippen molar-refractivity contribution >= 4 is 38.0 Å². The molecule has 2 heteroatoms. The zero-order valence-electron chi connectivity index (χ0n) is 24.0. The highest BCUT2D eigenvalue weighted by Crippen LogP contribution is 2.63. The summed E-state index contributed by atoms with van der Waals surface area (Å²) >= 11 is 0. The quantitative estimate of drug-likeness (QED) is 0.173. The Labute approximate surface area is 248 Å². The third kappa shape index (κ3) is 2.49. The molecule has 2 aliphatic carbocycles. The van der Waals surface area contributed by atoms with Gasteiger partial charge in [-0.15, -0.1) is 0 Å². The van der Waals surface area contributed by atoms with Crippen molar-refractivity contribution in [3.05, 3.63) is 171 Å². The largest absolute Gasteiger partial charge is 0.275 e. The predicted molar refractivity (Wildman–Crippen MR) is 177 cm³/mol. The second-order valence-corrected chi connectivity index (χ2v) is 12.8. The third-order valence-electron chi connectivity index (χ3n) is 10.6. The number of nitrogens with zero attached hydrogens (tertiary/aromatic N) is 1.